The van der Waals surface area contributed by atoms with Crippen molar-refractivity contribution in [1.82, 2.24) is 20.6 Å². The highest BCUT2D eigenvalue weighted by atomic mass is 16.5. The lowest BCUT2D eigenvalue weighted by Gasteiger charge is -2.09. The average Bonchev–Trinajstić information content (AvgIpc) is 2.91. The third-order valence-corrected chi connectivity index (χ3v) is 2.31. The van der Waals surface area contributed by atoms with Crippen molar-refractivity contribution in [2.24, 2.45) is 0 Å². The van der Waals surface area contributed by atoms with Crippen LogP contribution in [0.25, 0.3) is 0 Å². The fourth-order valence-corrected chi connectivity index (χ4v) is 1.41. The van der Waals surface area contributed by atoms with Gasteiger partial charge >= 0.3 is 0 Å². The molecule has 0 fully saturated rings. The molecule has 0 saturated heterocycles. The van der Waals surface area contributed by atoms with Crippen molar-refractivity contribution in [2.45, 2.75) is 6.42 Å². The van der Waals surface area contributed by atoms with E-state index < -0.39 is 0 Å². The van der Waals surface area contributed by atoms with Crippen LogP contribution in [0, 0.1) is 0 Å². The minimum Gasteiger partial charge on any atom is -0.496 e. The number of hydrogen-bond donors (Lipinski definition) is 1. The van der Waals surface area contributed by atoms with Crippen LogP contribution < -0.4 is 14.2 Å². The minimum atomic E-state index is 0.454. The SMILES string of the molecule is COc1cc(OC)cc(OCCc2nn[nH]n2)c1. The first kappa shape index (κ1) is 12.2. The molecule has 0 amide bonds. The van der Waals surface area contributed by atoms with E-state index in [0.717, 1.165) is 0 Å². The number of ether oxygens (including phenoxy) is 3. The molecule has 0 aliphatic heterocycles. The zero-order valence-electron chi connectivity index (χ0n) is 10.2. The lowest BCUT2D eigenvalue weighted by molar-refractivity contribution is 0.312. The van der Waals surface area contributed by atoms with E-state index in [1.807, 2.05) is 0 Å². The third-order valence-electron chi connectivity index (χ3n) is 2.31. The molecule has 0 aliphatic rings. The van der Waals surface area contributed by atoms with Gasteiger partial charge in [-0.25, -0.2) is 0 Å². The van der Waals surface area contributed by atoms with Gasteiger partial charge in [0.15, 0.2) is 5.82 Å². The number of tetrazole rings is 1. The maximum Gasteiger partial charge on any atom is 0.177 e. The number of hydrogen-bond acceptors (Lipinski definition) is 6. The molecule has 0 radical (unpaired) electrons. The highest BCUT2D eigenvalue weighted by Gasteiger charge is 2.04. The van der Waals surface area contributed by atoms with E-state index in [1.165, 1.54) is 0 Å². The Hall–Kier alpha value is -2.31. The van der Waals surface area contributed by atoms with E-state index in [0.29, 0.717) is 36.1 Å². The first-order valence-corrected chi connectivity index (χ1v) is 5.40. The van der Waals surface area contributed by atoms with E-state index in [-0.39, 0.29) is 0 Å². The standard InChI is InChI=1S/C11H14N4O3/c1-16-8-5-9(17-2)7-10(6-8)18-4-3-11-12-14-15-13-11/h5-7H,3-4H2,1-2H3,(H,12,13,14,15). The summed E-state index contributed by atoms with van der Waals surface area (Å²) in [6.07, 6.45) is 0.579. The molecule has 1 aromatic heterocycles. The number of nitrogens with one attached hydrogen (secondary N) is 1. The highest BCUT2D eigenvalue weighted by Crippen LogP contribution is 2.27. The summed E-state index contributed by atoms with van der Waals surface area (Å²) in [4.78, 5) is 0. The number of aromatic amines is 1. The van der Waals surface area contributed by atoms with Gasteiger partial charge in [0.2, 0.25) is 0 Å². The van der Waals surface area contributed by atoms with E-state index in [9.17, 15) is 0 Å². The topological polar surface area (TPSA) is 82.1 Å². The first-order valence-electron chi connectivity index (χ1n) is 5.40. The summed E-state index contributed by atoms with van der Waals surface area (Å²) in [6.45, 7) is 0.454. The van der Waals surface area contributed by atoms with E-state index in [4.69, 9.17) is 14.2 Å². The molecule has 0 spiro atoms. The molecule has 7 heteroatoms. The number of rotatable bonds is 6. The van der Waals surface area contributed by atoms with Gasteiger partial charge in [0.25, 0.3) is 0 Å². The predicted molar refractivity (Wildman–Crippen MR) is 62.9 cm³/mol. The van der Waals surface area contributed by atoms with Gasteiger partial charge in [-0.05, 0) is 0 Å². The fraction of sp³-hybridized carbons (Fsp3) is 0.364. The maximum atomic E-state index is 5.58. The van der Waals surface area contributed by atoms with Gasteiger partial charge in [-0.2, -0.15) is 5.21 Å². The molecule has 0 bridgehead atoms. The summed E-state index contributed by atoms with van der Waals surface area (Å²) < 4.78 is 15.9. The lowest BCUT2D eigenvalue weighted by atomic mass is 10.3. The van der Waals surface area contributed by atoms with Gasteiger partial charge in [-0.15, -0.1) is 10.2 Å². The van der Waals surface area contributed by atoms with Gasteiger partial charge in [-0.1, -0.05) is 5.21 Å². The van der Waals surface area contributed by atoms with Crippen LogP contribution in [0.5, 0.6) is 17.2 Å². The number of aromatic nitrogens is 4. The van der Waals surface area contributed by atoms with E-state index in [2.05, 4.69) is 20.6 Å². The smallest absolute Gasteiger partial charge is 0.177 e. The second-order valence-corrected chi connectivity index (χ2v) is 3.47. The minimum absolute atomic E-state index is 0.454. The number of methoxy groups -OCH3 is 2. The molecular weight excluding hydrogens is 236 g/mol. The van der Waals surface area contributed by atoms with Gasteiger partial charge in [-0.3, -0.25) is 0 Å². The van der Waals surface area contributed by atoms with Crippen LogP contribution in [0.3, 0.4) is 0 Å². The van der Waals surface area contributed by atoms with E-state index >= 15 is 0 Å². The highest BCUT2D eigenvalue weighted by molar-refractivity contribution is 5.41. The predicted octanol–water partition coefficient (Wildman–Crippen LogP) is 0.838. The summed E-state index contributed by atoms with van der Waals surface area (Å²) in [5.41, 5.74) is 0. The molecule has 96 valence electrons. The molecule has 7 nitrogen and oxygen atoms in total. The number of nitrogens with zero attached hydrogens (tertiary/aromatic N) is 3. The van der Waals surface area contributed by atoms with Crippen LogP contribution in [0.4, 0.5) is 0 Å². The van der Waals surface area contributed by atoms with Crippen molar-refractivity contribution in [3.8, 4) is 17.2 Å². The van der Waals surface area contributed by atoms with Crippen molar-refractivity contribution in [3.63, 3.8) is 0 Å². The molecule has 1 N–H and O–H groups in total. The Morgan fingerprint density at radius 2 is 1.72 bits per heavy atom. The van der Waals surface area contributed by atoms with Crippen LogP contribution in [-0.2, 0) is 6.42 Å². The van der Waals surface area contributed by atoms with Gasteiger partial charge < -0.3 is 14.2 Å². The molecule has 0 aliphatic carbocycles. The Balaban J connectivity index is 1.95. The van der Waals surface area contributed by atoms with Crippen LogP contribution in [0.1, 0.15) is 5.82 Å². The van der Waals surface area contributed by atoms with Crippen molar-refractivity contribution >= 4 is 0 Å². The number of benzene rings is 1. The molecule has 0 saturated carbocycles. The van der Waals surface area contributed by atoms with Crippen LogP contribution in [-0.4, -0.2) is 41.5 Å². The van der Waals surface area contributed by atoms with Gasteiger partial charge in [0, 0.05) is 24.6 Å². The van der Waals surface area contributed by atoms with Crippen molar-refractivity contribution < 1.29 is 14.2 Å². The monoisotopic (exact) mass is 250 g/mol. The lowest BCUT2D eigenvalue weighted by Crippen LogP contribution is -2.03. The van der Waals surface area contributed by atoms with Crippen LogP contribution in [0.2, 0.25) is 0 Å². The van der Waals surface area contributed by atoms with Gasteiger partial charge in [0.1, 0.15) is 17.2 Å². The van der Waals surface area contributed by atoms with Gasteiger partial charge in [0.05, 0.1) is 20.8 Å². The molecule has 2 aromatic rings. The molecule has 2 rings (SSSR count). The molecule has 18 heavy (non-hydrogen) atoms. The average molecular weight is 250 g/mol. The first-order chi connectivity index (χ1) is 8.81. The summed E-state index contributed by atoms with van der Waals surface area (Å²) in [7, 11) is 3.19. The zero-order chi connectivity index (χ0) is 12.8. The third kappa shape index (κ3) is 3.09. The number of H-pyrrole nitrogens is 1. The summed E-state index contributed by atoms with van der Waals surface area (Å²) in [5.74, 6) is 2.66. The Kier molecular flexibility index (Phi) is 3.95. The maximum absolute atomic E-state index is 5.58. The molecule has 0 unspecified atom stereocenters. The van der Waals surface area contributed by atoms with E-state index in [1.54, 1.807) is 32.4 Å². The van der Waals surface area contributed by atoms with Crippen molar-refractivity contribution in [2.75, 3.05) is 20.8 Å². The Labute approximate surface area is 104 Å². The quantitative estimate of drug-likeness (QED) is 0.818. The Morgan fingerprint density at radius 3 is 2.28 bits per heavy atom. The molecule has 1 heterocycles. The second kappa shape index (κ2) is 5.85. The normalized spacial score (nSPS) is 10.1. The Morgan fingerprint density at radius 1 is 1.06 bits per heavy atom. The Bertz CT molecular complexity index is 465. The summed E-state index contributed by atoms with van der Waals surface area (Å²) >= 11 is 0. The molecule has 0 atom stereocenters. The molecular formula is C11H14N4O3. The van der Waals surface area contributed by atoms with Crippen LogP contribution >= 0.6 is 0 Å². The summed E-state index contributed by atoms with van der Waals surface area (Å²) in [5, 5.41) is 13.5. The second-order valence-electron chi connectivity index (χ2n) is 3.47. The fourth-order valence-electron chi connectivity index (χ4n) is 1.41. The molecule has 1 aromatic carbocycles. The summed E-state index contributed by atoms with van der Waals surface area (Å²) in [6, 6.07) is 5.36. The zero-order valence-corrected chi connectivity index (χ0v) is 10.2. The largest absolute Gasteiger partial charge is 0.496 e. The van der Waals surface area contributed by atoms with Crippen molar-refractivity contribution in [3.05, 3.63) is 24.0 Å². The van der Waals surface area contributed by atoms with Crippen molar-refractivity contribution in [1.29, 1.82) is 0 Å². The van der Waals surface area contributed by atoms with Crippen LogP contribution in [0.15, 0.2) is 18.2 Å².